The van der Waals surface area contributed by atoms with Gasteiger partial charge in [0.15, 0.2) is 5.43 Å². The second-order valence-electron chi connectivity index (χ2n) is 9.20. The first kappa shape index (κ1) is 21.9. The number of methoxy groups -OCH3 is 1. The number of rotatable bonds is 4. The smallest absolute Gasteiger partial charge is 0.343 e. The molecule has 1 aliphatic rings. The molecule has 4 rings (SSSR count). The lowest BCUT2D eigenvalue weighted by Crippen LogP contribution is -2.33. The first-order valence-electron chi connectivity index (χ1n) is 10.8. The molecule has 7 heteroatoms. The summed E-state index contributed by atoms with van der Waals surface area (Å²) in [5.41, 5.74) is 4.36. The molecule has 32 heavy (non-hydrogen) atoms. The Kier molecular flexibility index (Phi) is 5.44. The average molecular weight is 436 g/mol. The number of aryl methyl sites for hydroxylation is 1. The molecular weight excluding hydrogens is 406 g/mol. The Bertz CT molecular complexity index is 1250. The molecule has 168 valence electrons. The molecule has 0 amide bonds. The van der Waals surface area contributed by atoms with Crippen LogP contribution in [0.5, 0.6) is 5.75 Å². The van der Waals surface area contributed by atoms with Gasteiger partial charge in [-0.2, -0.15) is 5.10 Å². The first-order valence-corrected chi connectivity index (χ1v) is 10.8. The van der Waals surface area contributed by atoms with Crippen molar-refractivity contribution in [1.82, 2.24) is 14.3 Å². The van der Waals surface area contributed by atoms with E-state index in [-0.39, 0.29) is 29.1 Å². The largest absolute Gasteiger partial charge is 0.496 e. The van der Waals surface area contributed by atoms with Gasteiger partial charge < -0.3 is 14.0 Å². The molecule has 0 saturated heterocycles. The van der Waals surface area contributed by atoms with Gasteiger partial charge in [-0.15, -0.1) is 0 Å². The number of carbonyl (C=O) groups is 1. The predicted octanol–water partition coefficient (Wildman–Crippen LogP) is 4.24. The molecule has 0 fully saturated rings. The highest BCUT2D eigenvalue weighted by atomic mass is 16.5. The van der Waals surface area contributed by atoms with Crippen molar-refractivity contribution in [1.29, 1.82) is 0 Å². The van der Waals surface area contributed by atoms with Crippen molar-refractivity contribution in [3.8, 4) is 28.3 Å². The van der Waals surface area contributed by atoms with Crippen LogP contribution >= 0.6 is 0 Å². The quantitative estimate of drug-likeness (QED) is 0.573. The highest BCUT2D eigenvalue weighted by Gasteiger charge is 2.34. The number of esters is 1. The molecule has 1 unspecified atom stereocenters. The van der Waals surface area contributed by atoms with Gasteiger partial charge in [0.05, 0.1) is 25.1 Å². The number of benzene rings is 1. The molecule has 3 heterocycles. The molecule has 1 atom stereocenters. The van der Waals surface area contributed by atoms with Gasteiger partial charge >= 0.3 is 5.97 Å². The zero-order valence-electron chi connectivity index (χ0n) is 19.4. The Balaban J connectivity index is 1.97. The Morgan fingerprint density at radius 1 is 1.19 bits per heavy atom. The van der Waals surface area contributed by atoms with E-state index in [0.717, 1.165) is 34.5 Å². The second-order valence-corrected chi connectivity index (χ2v) is 9.20. The van der Waals surface area contributed by atoms with Gasteiger partial charge in [-0.05, 0) is 42.5 Å². The number of hydrogen-bond donors (Lipinski definition) is 0. The highest BCUT2D eigenvalue weighted by molar-refractivity contribution is 5.89. The SMILES string of the molecule is CCOC(=O)c1cn2c(cc1=O)-c1cc(OC)c(-c3ccnn3C)cc1CC2C(C)(C)C. The van der Waals surface area contributed by atoms with Gasteiger partial charge in [0, 0.05) is 42.7 Å². The molecule has 0 spiro atoms. The summed E-state index contributed by atoms with van der Waals surface area (Å²) < 4.78 is 14.7. The zero-order chi connectivity index (χ0) is 23.2. The third-order valence-electron chi connectivity index (χ3n) is 6.12. The van der Waals surface area contributed by atoms with E-state index < -0.39 is 5.97 Å². The molecule has 0 radical (unpaired) electrons. The van der Waals surface area contributed by atoms with Crippen LogP contribution in [0.3, 0.4) is 0 Å². The summed E-state index contributed by atoms with van der Waals surface area (Å²) in [7, 11) is 3.54. The van der Waals surface area contributed by atoms with E-state index in [2.05, 4.69) is 36.5 Å². The number of hydrogen-bond acceptors (Lipinski definition) is 5. The summed E-state index contributed by atoms with van der Waals surface area (Å²) >= 11 is 0. The standard InChI is InChI=1S/C25H29N3O4/c1-7-32-24(30)18-14-28-20(13-21(18)29)16-12-22(31-6)17(19-8-9-26-27(19)5)10-15(16)11-23(28)25(2,3)4/h8-10,12-14,23H,7,11H2,1-6H3. The predicted molar refractivity (Wildman–Crippen MR) is 123 cm³/mol. The minimum Gasteiger partial charge on any atom is -0.496 e. The summed E-state index contributed by atoms with van der Waals surface area (Å²) in [4.78, 5) is 25.3. The topological polar surface area (TPSA) is 75.3 Å². The maximum absolute atomic E-state index is 12.9. The van der Waals surface area contributed by atoms with Gasteiger partial charge in [-0.3, -0.25) is 9.48 Å². The molecule has 0 bridgehead atoms. The summed E-state index contributed by atoms with van der Waals surface area (Å²) in [6, 6.07) is 7.67. The maximum atomic E-state index is 12.9. The maximum Gasteiger partial charge on any atom is 0.343 e. The number of pyridine rings is 1. The molecule has 7 nitrogen and oxygen atoms in total. The number of nitrogens with zero attached hydrogens (tertiary/aromatic N) is 3. The lowest BCUT2D eigenvalue weighted by atomic mass is 9.78. The van der Waals surface area contributed by atoms with Crippen molar-refractivity contribution in [2.45, 2.75) is 40.2 Å². The van der Waals surface area contributed by atoms with Crippen molar-refractivity contribution in [3.05, 3.63) is 58.0 Å². The Hall–Kier alpha value is -3.35. The summed E-state index contributed by atoms with van der Waals surface area (Å²) in [5.74, 6) is 0.116. The zero-order valence-corrected chi connectivity index (χ0v) is 19.4. The normalized spacial score (nSPS) is 15.1. The molecule has 0 aliphatic carbocycles. The highest BCUT2D eigenvalue weighted by Crippen LogP contribution is 2.45. The van der Waals surface area contributed by atoms with Crippen LogP contribution < -0.4 is 10.2 Å². The van der Waals surface area contributed by atoms with Crippen LogP contribution in [-0.4, -0.2) is 34.0 Å². The van der Waals surface area contributed by atoms with Gasteiger partial charge in [0.25, 0.3) is 0 Å². The van der Waals surface area contributed by atoms with Crippen LogP contribution in [0, 0.1) is 5.41 Å². The number of ether oxygens (including phenoxy) is 2. The van der Waals surface area contributed by atoms with Gasteiger partial charge in [0.2, 0.25) is 0 Å². The van der Waals surface area contributed by atoms with Gasteiger partial charge in [-0.25, -0.2) is 4.79 Å². The molecular formula is C25H29N3O4. The van der Waals surface area contributed by atoms with Crippen molar-refractivity contribution >= 4 is 5.97 Å². The van der Waals surface area contributed by atoms with Crippen LogP contribution in [-0.2, 0) is 18.2 Å². The van der Waals surface area contributed by atoms with E-state index in [9.17, 15) is 9.59 Å². The van der Waals surface area contributed by atoms with E-state index >= 15 is 0 Å². The minimum atomic E-state index is -0.588. The van der Waals surface area contributed by atoms with Crippen LogP contribution in [0.25, 0.3) is 22.5 Å². The van der Waals surface area contributed by atoms with E-state index in [0.29, 0.717) is 5.75 Å². The fourth-order valence-corrected chi connectivity index (χ4v) is 4.45. The van der Waals surface area contributed by atoms with Crippen molar-refractivity contribution in [3.63, 3.8) is 0 Å². The Labute approximate surface area is 187 Å². The third kappa shape index (κ3) is 3.61. The van der Waals surface area contributed by atoms with Crippen LogP contribution in [0.15, 0.2) is 41.5 Å². The van der Waals surface area contributed by atoms with Crippen molar-refractivity contribution in [2.75, 3.05) is 13.7 Å². The molecule has 3 aromatic rings. The summed E-state index contributed by atoms with van der Waals surface area (Å²) in [6.07, 6.45) is 4.18. The lowest BCUT2D eigenvalue weighted by molar-refractivity contribution is 0.0523. The van der Waals surface area contributed by atoms with Crippen molar-refractivity contribution in [2.24, 2.45) is 12.5 Å². The second kappa shape index (κ2) is 7.97. The number of fused-ring (bicyclic) bond motifs is 3. The van der Waals surface area contributed by atoms with Crippen LogP contribution in [0.4, 0.5) is 0 Å². The Morgan fingerprint density at radius 2 is 1.94 bits per heavy atom. The number of aromatic nitrogens is 3. The monoisotopic (exact) mass is 435 g/mol. The van der Waals surface area contributed by atoms with Gasteiger partial charge in [0.1, 0.15) is 11.3 Å². The van der Waals surface area contributed by atoms with E-state index in [1.54, 1.807) is 32.5 Å². The third-order valence-corrected chi connectivity index (χ3v) is 6.12. The summed E-state index contributed by atoms with van der Waals surface area (Å²) in [5, 5.41) is 4.30. The molecule has 0 saturated carbocycles. The average Bonchev–Trinajstić information content (AvgIpc) is 3.16. The molecule has 2 aromatic heterocycles. The number of carbonyl (C=O) groups excluding carboxylic acids is 1. The first-order chi connectivity index (χ1) is 15.2. The molecule has 0 N–H and O–H groups in total. The fraction of sp³-hybridized carbons (Fsp3) is 0.400. The van der Waals surface area contributed by atoms with Gasteiger partial charge in [-0.1, -0.05) is 20.8 Å². The van der Waals surface area contributed by atoms with Crippen LogP contribution in [0.2, 0.25) is 0 Å². The fourth-order valence-electron chi connectivity index (χ4n) is 4.45. The molecule has 1 aliphatic heterocycles. The minimum absolute atomic E-state index is 0.0477. The lowest BCUT2D eigenvalue weighted by Gasteiger charge is -2.39. The van der Waals surface area contributed by atoms with Crippen molar-refractivity contribution < 1.29 is 14.3 Å². The van der Waals surface area contributed by atoms with Crippen LogP contribution in [0.1, 0.15) is 49.7 Å². The molecule has 1 aromatic carbocycles. The summed E-state index contributed by atoms with van der Waals surface area (Å²) in [6.45, 7) is 8.45. The Morgan fingerprint density at radius 3 is 2.53 bits per heavy atom. The van der Waals surface area contributed by atoms with E-state index in [1.807, 2.05) is 23.9 Å². The van der Waals surface area contributed by atoms with E-state index in [1.165, 1.54) is 0 Å². The van der Waals surface area contributed by atoms with E-state index in [4.69, 9.17) is 9.47 Å².